The van der Waals surface area contributed by atoms with Gasteiger partial charge in [-0.1, -0.05) is 97.3 Å². The maximum atomic E-state index is 14.7. The van der Waals surface area contributed by atoms with Gasteiger partial charge in [0.05, 0.1) is 0 Å². The van der Waals surface area contributed by atoms with Crippen LogP contribution in [0.25, 0.3) is 0 Å². The van der Waals surface area contributed by atoms with Gasteiger partial charge >= 0.3 is 29.6 Å². The Morgan fingerprint density at radius 3 is 1.19 bits per heavy atom. The average molecular weight is 403 g/mol. The van der Waals surface area contributed by atoms with Crippen LogP contribution in [0.4, 0.5) is 4.39 Å². The summed E-state index contributed by atoms with van der Waals surface area (Å²) in [4.78, 5) is 0. The monoisotopic (exact) mass is 402 g/mol. The van der Waals surface area contributed by atoms with Gasteiger partial charge in [-0.15, -0.1) is 0 Å². The Morgan fingerprint density at radius 2 is 0.923 bits per heavy atom. The van der Waals surface area contributed by atoms with Crippen molar-refractivity contribution in [3.8, 4) is 0 Å². The number of halogens is 1. The van der Waals surface area contributed by atoms with Crippen molar-refractivity contribution >= 4 is 10.1 Å². The number of alkyl halides is 1. The van der Waals surface area contributed by atoms with Gasteiger partial charge in [0.15, 0.2) is 5.00 Å². The molecule has 0 N–H and O–H groups in total. The molecule has 1 unspecified atom stereocenters. The Hall–Kier alpha value is 0.840. The smallest absolute Gasteiger partial charge is 0.745 e. The Balaban J connectivity index is 0. The maximum absolute atomic E-state index is 14.7. The number of unbranched alkanes of at least 4 members (excludes halogenated alkanes) is 13. The minimum absolute atomic E-state index is 0. The van der Waals surface area contributed by atoms with Crippen LogP contribution >= 0.6 is 0 Å². The molecule has 0 aliphatic carbocycles. The number of hydrogen-bond acceptors (Lipinski definition) is 3. The molecule has 1 atom stereocenters. The normalized spacial score (nSPS) is 14.0. The molecule has 0 fully saturated rings. The van der Waals surface area contributed by atoms with E-state index in [2.05, 4.69) is 13.8 Å². The molecular weight excluding hydrogens is 362 g/mol. The van der Waals surface area contributed by atoms with Gasteiger partial charge in [0.2, 0.25) is 0 Å². The molecule has 0 saturated carbocycles. The predicted molar refractivity (Wildman–Crippen MR) is 103 cm³/mol. The predicted octanol–water partition coefficient (Wildman–Crippen LogP) is 3.87. The molecule has 0 bridgehead atoms. The summed E-state index contributed by atoms with van der Waals surface area (Å²) < 4.78 is 48.8. The first-order chi connectivity index (χ1) is 11.9. The van der Waals surface area contributed by atoms with Gasteiger partial charge in [-0.3, -0.25) is 0 Å². The third-order valence-electron chi connectivity index (χ3n) is 5.01. The van der Waals surface area contributed by atoms with Gasteiger partial charge in [-0.05, 0) is 25.7 Å². The van der Waals surface area contributed by atoms with Crippen LogP contribution in [-0.2, 0) is 10.1 Å². The molecule has 0 spiro atoms. The Kier molecular flexibility index (Phi) is 20.0. The zero-order valence-electron chi connectivity index (χ0n) is 17.5. The van der Waals surface area contributed by atoms with Crippen molar-refractivity contribution in [2.24, 2.45) is 0 Å². The van der Waals surface area contributed by atoms with Gasteiger partial charge in [-0.25, -0.2) is 12.8 Å². The Bertz CT molecular complexity index is 404. The van der Waals surface area contributed by atoms with Crippen molar-refractivity contribution < 1.29 is 46.9 Å². The van der Waals surface area contributed by atoms with Gasteiger partial charge in [0.1, 0.15) is 10.1 Å². The summed E-state index contributed by atoms with van der Waals surface area (Å²) >= 11 is 0. The molecule has 152 valence electrons. The van der Waals surface area contributed by atoms with Crippen molar-refractivity contribution in [2.75, 3.05) is 0 Å². The topological polar surface area (TPSA) is 57.2 Å². The van der Waals surface area contributed by atoms with Crippen LogP contribution in [0.5, 0.6) is 0 Å². The molecule has 0 heterocycles. The van der Waals surface area contributed by atoms with Crippen LogP contribution in [0.15, 0.2) is 0 Å². The third kappa shape index (κ3) is 14.8. The van der Waals surface area contributed by atoms with E-state index in [9.17, 15) is 17.4 Å². The molecule has 0 saturated heterocycles. The minimum atomic E-state index is -4.89. The third-order valence-corrected chi connectivity index (χ3v) is 6.31. The van der Waals surface area contributed by atoms with E-state index in [4.69, 9.17) is 0 Å². The average Bonchev–Trinajstić information content (AvgIpc) is 2.55. The molecule has 0 aromatic heterocycles. The van der Waals surface area contributed by atoms with E-state index in [-0.39, 0.29) is 42.4 Å². The van der Waals surface area contributed by atoms with E-state index >= 15 is 0 Å². The van der Waals surface area contributed by atoms with Crippen LogP contribution in [-0.4, -0.2) is 18.0 Å². The summed E-state index contributed by atoms with van der Waals surface area (Å²) in [6, 6.07) is 0. The molecule has 0 aliphatic heterocycles. The molecule has 0 rings (SSSR count). The molecule has 3 nitrogen and oxygen atoms in total. The van der Waals surface area contributed by atoms with E-state index in [0.29, 0.717) is 12.8 Å². The zero-order valence-corrected chi connectivity index (χ0v) is 20.3. The van der Waals surface area contributed by atoms with Crippen molar-refractivity contribution in [2.45, 2.75) is 128 Å². The SMILES string of the molecule is CCCCCCCCCCCC(F)(CCCCCCCC)S(=O)(=O)[O-].[Na+]. The first kappa shape index (κ1) is 29.0. The second-order valence-corrected chi connectivity index (χ2v) is 9.07. The molecule has 0 radical (unpaired) electrons. The fourth-order valence-electron chi connectivity index (χ4n) is 3.24. The van der Waals surface area contributed by atoms with Gasteiger partial charge < -0.3 is 4.55 Å². The number of hydrogen-bond donors (Lipinski definition) is 0. The minimum Gasteiger partial charge on any atom is -0.745 e. The van der Waals surface area contributed by atoms with Crippen molar-refractivity contribution in [1.29, 1.82) is 0 Å². The Morgan fingerprint density at radius 1 is 0.654 bits per heavy atom. The second-order valence-electron chi connectivity index (χ2n) is 7.43. The number of rotatable bonds is 18. The largest absolute Gasteiger partial charge is 1.00 e. The molecular formula is C20H40FNaO3S. The molecule has 0 aliphatic rings. The first-order valence-corrected chi connectivity index (χ1v) is 11.9. The van der Waals surface area contributed by atoms with E-state index in [1.165, 1.54) is 32.1 Å². The Labute approximate surface area is 184 Å². The van der Waals surface area contributed by atoms with Crippen LogP contribution in [0.2, 0.25) is 0 Å². The van der Waals surface area contributed by atoms with Crippen LogP contribution in [0.3, 0.4) is 0 Å². The van der Waals surface area contributed by atoms with E-state index < -0.39 is 15.1 Å². The van der Waals surface area contributed by atoms with Gasteiger partial charge in [0.25, 0.3) is 0 Å². The summed E-state index contributed by atoms with van der Waals surface area (Å²) in [6.07, 6.45) is 15.0. The molecule has 26 heavy (non-hydrogen) atoms. The van der Waals surface area contributed by atoms with E-state index in [1.807, 2.05) is 0 Å². The van der Waals surface area contributed by atoms with E-state index in [1.54, 1.807) is 0 Å². The molecule has 0 aromatic rings. The molecule has 0 aromatic carbocycles. The maximum Gasteiger partial charge on any atom is 1.00 e. The van der Waals surface area contributed by atoms with E-state index in [0.717, 1.165) is 51.4 Å². The van der Waals surface area contributed by atoms with Crippen LogP contribution in [0, 0.1) is 0 Å². The van der Waals surface area contributed by atoms with Crippen LogP contribution < -0.4 is 29.6 Å². The van der Waals surface area contributed by atoms with Gasteiger partial charge in [0, 0.05) is 0 Å². The summed E-state index contributed by atoms with van der Waals surface area (Å²) in [6.45, 7) is 4.32. The summed E-state index contributed by atoms with van der Waals surface area (Å²) in [5.74, 6) is 0. The second kappa shape index (κ2) is 17.9. The van der Waals surface area contributed by atoms with Crippen molar-refractivity contribution in [3.05, 3.63) is 0 Å². The zero-order chi connectivity index (χ0) is 19.0. The quantitative estimate of drug-likeness (QED) is 0.199. The fraction of sp³-hybridized carbons (Fsp3) is 1.00. The summed E-state index contributed by atoms with van der Waals surface area (Å²) in [7, 11) is -4.89. The summed E-state index contributed by atoms with van der Waals surface area (Å²) in [5.41, 5.74) is 0. The fourth-order valence-corrected chi connectivity index (χ4v) is 4.03. The van der Waals surface area contributed by atoms with Gasteiger partial charge in [-0.2, -0.15) is 0 Å². The molecule has 0 amide bonds. The summed E-state index contributed by atoms with van der Waals surface area (Å²) in [5, 5.41) is -2.56. The molecule has 6 heteroatoms. The first-order valence-electron chi connectivity index (χ1n) is 10.5. The van der Waals surface area contributed by atoms with Crippen LogP contribution in [0.1, 0.15) is 123 Å². The van der Waals surface area contributed by atoms with Crippen molar-refractivity contribution in [3.63, 3.8) is 0 Å². The standard InChI is InChI=1S/C20H41FO3S.Na/c1-3-5-7-9-11-12-13-15-17-19-20(21,25(22,23)24)18-16-14-10-8-6-4-2;/h3-19H2,1-2H3,(H,22,23,24);/q;+1/p-1. The van der Waals surface area contributed by atoms with Crippen molar-refractivity contribution in [1.82, 2.24) is 0 Å².